The second-order valence-electron chi connectivity index (χ2n) is 15.6. The first kappa shape index (κ1) is 40.3. The number of alkyl halides is 3. The number of hydrogen-bond donors (Lipinski definition) is 3. The Balaban J connectivity index is 1.56. The van der Waals surface area contributed by atoms with Gasteiger partial charge in [-0.25, -0.2) is 18.6 Å². The normalized spacial score (nSPS) is 14.6. The number of carbonyl (C=O) groups excluding carboxylic acids is 1. The molecule has 0 unspecified atom stereocenters. The van der Waals surface area contributed by atoms with Crippen molar-refractivity contribution in [1.29, 1.82) is 5.26 Å². The van der Waals surface area contributed by atoms with Crippen molar-refractivity contribution in [2.45, 2.75) is 95.8 Å². The fraction of sp³-hybridized carbons (Fsp3) is 0.400. The van der Waals surface area contributed by atoms with E-state index in [1.807, 2.05) is 32.9 Å². The van der Waals surface area contributed by atoms with Crippen molar-refractivity contribution in [3.63, 3.8) is 0 Å². The summed E-state index contributed by atoms with van der Waals surface area (Å²) in [5, 5.41) is 25.5. The van der Waals surface area contributed by atoms with Crippen molar-refractivity contribution in [1.82, 2.24) is 19.4 Å². The Labute approximate surface area is 316 Å². The van der Waals surface area contributed by atoms with Gasteiger partial charge in [0.25, 0.3) is 5.91 Å². The second-order valence-corrected chi connectivity index (χ2v) is 17.2. The quantitative estimate of drug-likeness (QED) is 0.0970. The summed E-state index contributed by atoms with van der Waals surface area (Å²) in [5.41, 5.74) is -1.35. The molecule has 1 fully saturated rings. The summed E-state index contributed by atoms with van der Waals surface area (Å²) < 4.78 is 62.0. The van der Waals surface area contributed by atoms with Gasteiger partial charge in [0, 0.05) is 22.9 Å². The van der Waals surface area contributed by atoms with Crippen LogP contribution >= 0.6 is 11.9 Å². The molecule has 1 aliphatic rings. The highest BCUT2D eigenvalue weighted by atomic mass is 32.2. The third-order valence-electron chi connectivity index (χ3n) is 9.14. The van der Waals surface area contributed by atoms with Crippen LogP contribution in [-0.4, -0.2) is 42.1 Å². The van der Waals surface area contributed by atoms with E-state index >= 15 is 4.39 Å². The van der Waals surface area contributed by atoms with E-state index in [4.69, 9.17) is 0 Å². The van der Waals surface area contributed by atoms with Gasteiger partial charge in [0.2, 0.25) is 0 Å². The fourth-order valence-corrected chi connectivity index (χ4v) is 6.85. The Morgan fingerprint density at radius 1 is 0.981 bits per heavy atom. The summed E-state index contributed by atoms with van der Waals surface area (Å²) in [6, 6.07) is 20.3. The van der Waals surface area contributed by atoms with E-state index in [2.05, 4.69) is 21.2 Å². The first-order valence-electron chi connectivity index (χ1n) is 17.5. The largest absolute Gasteiger partial charge is 0.465 e. The minimum atomic E-state index is -4.91. The Morgan fingerprint density at radius 3 is 2.22 bits per heavy atom. The molecule has 0 bridgehead atoms. The maximum atomic E-state index is 15.7. The van der Waals surface area contributed by atoms with Crippen molar-refractivity contribution in [2.24, 2.45) is 5.92 Å². The second kappa shape index (κ2) is 15.5. The van der Waals surface area contributed by atoms with Gasteiger partial charge >= 0.3 is 12.3 Å². The molecule has 286 valence electrons. The van der Waals surface area contributed by atoms with E-state index in [1.165, 1.54) is 47.2 Å². The zero-order valence-electron chi connectivity index (χ0n) is 31.0. The van der Waals surface area contributed by atoms with Gasteiger partial charge in [0.05, 0.1) is 28.5 Å². The lowest BCUT2D eigenvalue weighted by atomic mass is 9.79. The molecule has 0 saturated heterocycles. The molecule has 0 spiro atoms. The maximum Gasteiger partial charge on any atom is 0.435 e. The summed E-state index contributed by atoms with van der Waals surface area (Å²) in [5.74, 6) is -1.31. The lowest BCUT2D eigenvalue weighted by molar-refractivity contribution is -0.141. The van der Waals surface area contributed by atoms with E-state index in [0.29, 0.717) is 35.1 Å². The van der Waals surface area contributed by atoms with Crippen molar-refractivity contribution >= 4 is 29.6 Å². The molecule has 1 aliphatic carbocycles. The Hall–Kier alpha value is -4.87. The Morgan fingerprint density at radius 2 is 1.65 bits per heavy atom. The van der Waals surface area contributed by atoms with Crippen LogP contribution in [0.2, 0.25) is 0 Å². The van der Waals surface area contributed by atoms with Crippen LogP contribution in [0, 0.1) is 23.1 Å². The van der Waals surface area contributed by atoms with Crippen LogP contribution in [-0.2, 0) is 18.3 Å². The average molecular weight is 765 g/mol. The van der Waals surface area contributed by atoms with Crippen molar-refractivity contribution in [2.75, 3.05) is 5.32 Å². The predicted molar refractivity (Wildman–Crippen MR) is 201 cm³/mol. The first-order valence-corrected chi connectivity index (χ1v) is 18.4. The number of nitrogens with one attached hydrogen (secondary N) is 2. The lowest BCUT2D eigenvalue weighted by Gasteiger charge is -2.38. The first-order chi connectivity index (χ1) is 25.2. The maximum absolute atomic E-state index is 15.7. The summed E-state index contributed by atoms with van der Waals surface area (Å²) >= 11 is 1.50. The molecule has 3 aromatic carbocycles. The van der Waals surface area contributed by atoms with Gasteiger partial charge in [0.15, 0.2) is 5.69 Å². The van der Waals surface area contributed by atoms with Crippen LogP contribution in [0.5, 0.6) is 0 Å². The SMILES string of the molecule is CC(C)(C)SN[C@@](CCC1CC1)(c1ccc(C#N)cc1)c1ccc(F)c(NC(=O)c2cc(C(F)(F)F)nn2-c2cccc(CN(C(=O)O)C(C)(C)C)c2)c1. The summed E-state index contributed by atoms with van der Waals surface area (Å²) in [7, 11) is 0. The summed E-state index contributed by atoms with van der Waals surface area (Å²) in [4.78, 5) is 27.1. The van der Waals surface area contributed by atoms with Crippen molar-refractivity contribution in [3.05, 3.63) is 112 Å². The molecule has 14 heteroatoms. The molecule has 1 saturated carbocycles. The molecule has 54 heavy (non-hydrogen) atoms. The average Bonchev–Trinajstić information content (AvgIpc) is 3.81. The molecule has 1 aromatic heterocycles. The van der Waals surface area contributed by atoms with Gasteiger partial charge in [-0.15, -0.1) is 0 Å². The molecule has 5 rings (SSSR count). The topological polar surface area (TPSA) is 123 Å². The highest BCUT2D eigenvalue weighted by Crippen LogP contribution is 2.44. The number of benzene rings is 3. The number of carboxylic acid groups (broad SMARTS) is 1. The molecule has 2 amide bonds. The Bertz CT molecular complexity index is 2040. The van der Waals surface area contributed by atoms with Crippen molar-refractivity contribution in [3.8, 4) is 11.8 Å². The number of aromatic nitrogens is 2. The highest BCUT2D eigenvalue weighted by molar-refractivity contribution is 7.98. The van der Waals surface area contributed by atoms with Crippen LogP contribution in [0.15, 0.2) is 72.8 Å². The molecule has 1 atom stereocenters. The van der Waals surface area contributed by atoms with Crippen LogP contribution < -0.4 is 10.0 Å². The third kappa shape index (κ3) is 9.62. The van der Waals surface area contributed by atoms with Crippen LogP contribution in [0.1, 0.15) is 106 Å². The van der Waals surface area contributed by atoms with E-state index < -0.39 is 46.5 Å². The zero-order valence-corrected chi connectivity index (χ0v) is 31.8. The number of amides is 2. The van der Waals surface area contributed by atoms with Gasteiger partial charge in [-0.1, -0.05) is 55.1 Å². The van der Waals surface area contributed by atoms with E-state index in [9.17, 15) is 33.1 Å². The van der Waals surface area contributed by atoms with Crippen molar-refractivity contribution < 1.29 is 32.3 Å². The van der Waals surface area contributed by atoms with Crippen LogP contribution in [0.25, 0.3) is 5.69 Å². The minimum absolute atomic E-state index is 0.0740. The number of nitrogens with zero attached hydrogens (tertiary/aromatic N) is 4. The standard InChI is InChI=1S/C40H44F4N6O3S/c1-37(2,3)49(36(52)53)24-27-8-7-9-30(20-27)50-33(22-34(47-50)40(42,43)44)35(51)46-32-21-29(16-17-31(32)41)39(19-18-25-10-11-25,48-54-38(4,5)6)28-14-12-26(23-45)13-15-28/h7-9,12-17,20-22,25,48H,10-11,18-19,24H2,1-6H3,(H,46,51)(H,52,53)/t39-/m0/s1. The molecule has 1 heterocycles. The lowest BCUT2D eigenvalue weighted by Crippen LogP contribution is -2.44. The molecule has 4 aromatic rings. The molecular formula is C40H44F4N6O3S. The van der Waals surface area contributed by atoms with E-state index in [1.54, 1.807) is 45.0 Å². The smallest absolute Gasteiger partial charge is 0.435 e. The van der Waals surface area contributed by atoms with Gasteiger partial charge in [0.1, 0.15) is 11.5 Å². The Kier molecular flexibility index (Phi) is 11.6. The number of rotatable bonds is 12. The zero-order chi connectivity index (χ0) is 39.6. The monoisotopic (exact) mass is 764 g/mol. The molecular weight excluding hydrogens is 721 g/mol. The van der Waals surface area contributed by atoms with Crippen LogP contribution in [0.4, 0.5) is 28.0 Å². The minimum Gasteiger partial charge on any atom is -0.465 e. The van der Waals surface area contributed by atoms with Gasteiger partial charge in [-0.05, 0) is 113 Å². The van der Waals surface area contributed by atoms with Gasteiger partial charge < -0.3 is 10.4 Å². The molecule has 3 N–H and O–H groups in total. The third-order valence-corrected chi connectivity index (χ3v) is 10.2. The van der Waals surface area contributed by atoms with Gasteiger partial charge in [-0.3, -0.25) is 9.69 Å². The number of carbonyl (C=O) groups is 2. The molecule has 0 aliphatic heterocycles. The van der Waals surface area contributed by atoms with E-state index in [0.717, 1.165) is 29.5 Å². The number of halogens is 4. The number of anilines is 1. The fourth-order valence-electron chi connectivity index (χ4n) is 6.03. The molecule has 0 radical (unpaired) electrons. The highest BCUT2D eigenvalue weighted by Gasteiger charge is 2.39. The van der Waals surface area contributed by atoms with E-state index in [-0.39, 0.29) is 22.7 Å². The van der Waals surface area contributed by atoms with Gasteiger partial charge in [-0.2, -0.15) is 23.5 Å². The summed E-state index contributed by atoms with van der Waals surface area (Å²) in [6.45, 7) is 11.2. The number of nitriles is 1. The summed E-state index contributed by atoms with van der Waals surface area (Å²) in [6.07, 6.45) is -2.42. The van der Waals surface area contributed by atoms with Crippen LogP contribution in [0.3, 0.4) is 0 Å². The molecule has 9 nitrogen and oxygen atoms in total. The number of hydrogen-bond acceptors (Lipinski definition) is 6. The predicted octanol–water partition coefficient (Wildman–Crippen LogP) is 9.90.